The lowest BCUT2D eigenvalue weighted by atomic mass is 10.1. The van der Waals surface area contributed by atoms with Crippen LogP contribution in [0.3, 0.4) is 0 Å². The molecule has 0 bridgehead atoms. The van der Waals surface area contributed by atoms with Crippen LogP contribution in [-0.4, -0.2) is 41.9 Å². The molecule has 1 aliphatic heterocycles. The van der Waals surface area contributed by atoms with Gasteiger partial charge >= 0.3 is 0 Å². The van der Waals surface area contributed by atoms with E-state index in [2.05, 4.69) is 0 Å². The van der Waals surface area contributed by atoms with Gasteiger partial charge in [-0.15, -0.1) is 12.4 Å². The molecule has 2 aromatic rings. The van der Waals surface area contributed by atoms with Gasteiger partial charge in [-0.1, -0.05) is 42.5 Å². The number of para-hydroxylation sites is 2. The van der Waals surface area contributed by atoms with Crippen LogP contribution < -0.4 is 10.6 Å². The molecular formula is C18H21ClN4O3. The number of hydrogen-bond acceptors (Lipinski definition) is 5. The van der Waals surface area contributed by atoms with Gasteiger partial charge in [-0.3, -0.25) is 14.9 Å². The summed E-state index contributed by atoms with van der Waals surface area (Å²) in [6, 6.07) is 15.3. The Morgan fingerprint density at radius 2 is 1.58 bits per heavy atom. The molecule has 0 radical (unpaired) electrons. The first-order chi connectivity index (χ1) is 12.1. The van der Waals surface area contributed by atoms with Gasteiger partial charge in [0, 0.05) is 32.2 Å². The molecule has 0 aliphatic carbocycles. The third kappa shape index (κ3) is 4.12. The van der Waals surface area contributed by atoms with Gasteiger partial charge in [0.2, 0.25) is 5.91 Å². The van der Waals surface area contributed by atoms with Crippen LogP contribution in [0.4, 0.5) is 11.4 Å². The van der Waals surface area contributed by atoms with Gasteiger partial charge in [0.25, 0.3) is 5.69 Å². The van der Waals surface area contributed by atoms with Crippen LogP contribution in [0.1, 0.15) is 11.6 Å². The highest BCUT2D eigenvalue weighted by atomic mass is 35.5. The number of anilines is 1. The summed E-state index contributed by atoms with van der Waals surface area (Å²) in [6.45, 7) is 2.06. The fourth-order valence-corrected chi connectivity index (χ4v) is 3.05. The maximum atomic E-state index is 12.6. The first-order valence-electron chi connectivity index (χ1n) is 8.15. The quantitative estimate of drug-likeness (QED) is 0.653. The van der Waals surface area contributed by atoms with Gasteiger partial charge in [-0.2, -0.15) is 0 Å². The summed E-state index contributed by atoms with van der Waals surface area (Å²) in [6.07, 6.45) is 0. The number of nitrogens with two attached hydrogens (primary N) is 1. The van der Waals surface area contributed by atoms with E-state index in [1.807, 2.05) is 35.2 Å². The molecule has 0 saturated carbocycles. The molecule has 8 heteroatoms. The number of rotatable bonds is 4. The van der Waals surface area contributed by atoms with Crippen molar-refractivity contribution in [2.45, 2.75) is 6.04 Å². The summed E-state index contributed by atoms with van der Waals surface area (Å²) in [5.74, 6) is -0.117. The maximum absolute atomic E-state index is 12.6. The van der Waals surface area contributed by atoms with Crippen LogP contribution in [0.2, 0.25) is 0 Å². The number of piperazine rings is 1. The van der Waals surface area contributed by atoms with Crippen molar-refractivity contribution in [2.24, 2.45) is 5.73 Å². The molecule has 1 heterocycles. The van der Waals surface area contributed by atoms with E-state index in [4.69, 9.17) is 5.73 Å². The molecule has 2 aromatic carbocycles. The van der Waals surface area contributed by atoms with Gasteiger partial charge in [0.1, 0.15) is 11.7 Å². The highest BCUT2D eigenvalue weighted by Gasteiger charge is 2.28. The summed E-state index contributed by atoms with van der Waals surface area (Å²) in [5.41, 5.74) is 7.55. The van der Waals surface area contributed by atoms with Crippen molar-refractivity contribution in [3.05, 3.63) is 70.3 Å². The lowest BCUT2D eigenvalue weighted by Gasteiger charge is -2.36. The number of halogens is 1. The molecule has 1 amide bonds. The van der Waals surface area contributed by atoms with Crippen molar-refractivity contribution in [3.63, 3.8) is 0 Å². The van der Waals surface area contributed by atoms with E-state index in [1.54, 1.807) is 23.1 Å². The van der Waals surface area contributed by atoms with Crippen LogP contribution in [0.5, 0.6) is 0 Å². The van der Waals surface area contributed by atoms with Crippen molar-refractivity contribution in [1.29, 1.82) is 0 Å². The molecule has 26 heavy (non-hydrogen) atoms. The Morgan fingerprint density at radius 1 is 1.00 bits per heavy atom. The fraction of sp³-hybridized carbons (Fsp3) is 0.278. The fourth-order valence-electron chi connectivity index (χ4n) is 3.05. The minimum Gasteiger partial charge on any atom is -0.362 e. The van der Waals surface area contributed by atoms with Crippen molar-refractivity contribution in [2.75, 3.05) is 31.1 Å². The van der Waals surface area contributed by atoms with E-state index in [9.17, 15) is 14.9 Å². The number of nitro groups is 1. The zero-order valence-corrected chi connectivity index (χ0v) is 15.0. The van der Waals surface area contributed by atoms with E-state index >= 15 is 0 Å². The second-order valence-corrected chi connectivity index (χ2v) is 5.95. The molecule has 3 rings (SSSR count). The first kappa shape index (κ1) is 19.7. The molecule has 1 atom stereocenters. The number of carbonyl (C=O) groups is 1. The Bertz CT molecular complexity index is 764. The summed E-state index contributed by atoms with van der Waals surface area (Å²) in [5, 5.41) is 11.2. The highest BCUT2D eigenvalue weighted by Crippen LogP contribution is 2.28. The van der Waals surface area contributed by atoms with E-state index < -0.39 is 6.04 Å². The van der Waals surface area contributed by atoms with Crippen molar-refractivity contribution in [1.82, 2.24) is 4.90 Å². The summed E-state index contributed by atoms with van der Waals surface area (Å²) >= 11 is 0. The van der Waals surface area contributed by atoms with Gasteiger partial charge in [0.15, 0.2) is 0 Å². The van der Waals surface area contributed by atoms with E-state index in [1.165, 1.54) is 6.07 Å². The standard InChI is InChI=1S/C18H20N4O3.ClH/c19-17(14-6-2-1-3-7-14)18(23)21-12-10-20(11-13-21)15-8-4-5-9-16(15)22(24)25;/h1-9,17H,10-13,19H2;1H. The Labute approximate surface area is 157 Å². The van der Waals surface area contributed by atoms with Crippen molar-refractivity contribution < 1.29 is 9.72 Å². The summed E-state index contributed by atoms with van der Waals surface area (Å²) in [7, 11) is 0. The van der Waals surface area contributed by atoms with Gasteiger partial charge < -0.3 is 15.5 Å². The summed E-state index contributed by atoms with van der Waals surface area (Å²) < 4.78 is 0. The average molecular weight is 377 g/mol. The molecule has 1 fully saturated rings. The molecule has 0 aromatic heterocycles. The SMILES string of the molecule is Cl.NC(C(=O)N1CCN(c2ccccc2[N+](=O)[O-])CC1)c1ccccc1. The average Bonchev–Trinajstić information content (AvgIpc) is 2.67. The zero-order valence-electron chi connectivity index (χ0n) is 14.2. The molecule has 138 valence electrons. The Balaban J connectivity index is 0.00000243. The zero-order chi connectivity index (χ0) is 17.8. The Kier molecular flexibility index (Phi) is 6.54. The van der Waals surface area contributed by atoms with E-state index in [-0.39, 0.29) is 28.9 Å². The number of nitro benzene ring substituents is 1. The van der Waals surface area contributed by atoms with Crippen molar-refractivity contribution in [3.8, 4) is 0 Å². The third-order valence-electron chi connectivity index (χ3n) is 4.44. The summed E-state index contributed by atoms with van der Waals surface area (Å²) in [4.78, 5) is 27.1. The molecule has 1 aliphatic rings. The van der Waals surface area contributed by atoms with Crippen LogP contribution in [0.15, 0.2) is 54.6 Å². The van der Waals surface area contributed by atoms with Crippen LogP contribution in [0.25, 0.3) is 0 Å². The predicted octanol–water partition coefficient (Wildman–Crippen LogP) is 2.37. The number of amides is 1. The largest absolute Gasteiger partial charge is 0.362 e. The first-order valence-corrected chi connectivity index (χ1v) is 8.15. The number of carbonyl (C=O) groups excluding carboxylic acids is 1. The second kappa shape index (κ2) is 8.64. The van der Waals surface area contributed by atoms with Crippen LogP contribution in [0, 0.1) is 10.1 Å². The Morgan fingerprint density at radius 3 is 2.19 bits per heavy atom. The van der Waals surface area contributed by atoms with Gasteiger partial charge in [-0.25, -0.2) is 0 Å². The van der Waals surface area contributed by atoms with E-state index in [0.29, 0.717) is 31.9 Å². The van der Waals surface area contributed by atoms with Gasteiger partial charge in [0.05, 0.1) is 4.92 Å². The van der Waals surface area contributed by atoms with Gasteiger partial charge in [-0.05, 0) is 11.6 Å². The molecule has 2 N–H and O–H groups in total. The lowest BCUT2D eigenvalue weighted by molar-refractivity contribution is -0.384. The van der Waals surface area contributed by atoms with Crippen LogP contribution in [-0.2, 0) is 4.79 Å². The maximum Gasteiger partial charge on any atom is 0.292 e. The smallest absolute Gasteiger partial charge is 0.292 e. The normalized spacial score (nSPS) is 15.1. The second-order valence-electron chi connectivity index (χ2n) is 5.95. The molecule has 0 spiro atoms. The topological polar surface area (TPSA) is 92.7 Å². The number of benzene rings is 2. The molecule has 1 saturated heterocycles. The predicted molar refractivity (Wildman–Crippen MR) is 103 cm³/mol. The van der Waals surface area contributed by atoms with Crippen molar-refractivity contribution >= 4 is 29.7 Å². The number of nitrogens with zero attached hydrogens (tertiary/aromatic N) is 3. The third-order valence-corrected chi connectivity index (χ3v) is 4.44. The molecule has 1 unspecified atom stereocenters. The molecule has 7 nitrogen and oxygen atoms in total. The minimum atomic E-state index is -0.682. The monoisotopic (exact) mass is 376 g/mol. The number of hydrogen-bond donors (Lipinski definition) is 1. The molecular weight excluding hydrogens is 356 g/mol. The Hall–Kier alpha value is -2.64. The minimum absolute atomic E-state index is 0. The lowest BCUT2D eigenvalue weighted by Crippen LogP contribution is -2.51. The van der Waals surface area contributed by atoms with Crippen LogP contribution >= 0.6 is 12.4 Å². The highest BCUT2D eigenvalue weighted by molar-refractivity contribution is 5.85. The van der Waals surface area contributed by atoms with E-state index in [0.717, 1.165) is 5.56 Å².